The summed E-state index contributed by atoms with van der Waals surface area (Å²) >= 11 is 3.67. The number of nitrogens with zero attached hydrogens (tertiary/aromatic N) is 2. The predicted molar refractivity (Wildman–Crippen MR) is 140 cm³/mol. The van der Waals surface area contributed by atoms with Gasteiger partial charge in [-0.3, -0.25) is 29.4 Å². The fourth-order valence-electron chi connectivity index (χ4n) is 3.47. The number of hydrogen-bond donors (Lipinski definition) is 1. The smallest absolute Gasteiger partial charge is 0.416 e. The molecular formula is C25H13BrF5N3O6S. The Balaban J connectivity index is 1.58. The van der Waals surface area contributed by atoms with Crippen LogP contribution >= 0.6 is 27.7 Å². The van der Waals surface area contributed by atoms with Crippen molar-refractivity contribution in [2.45, 2.75) is 6.18 Å². The predicted octanol–water partition coefficient (Wildman–Crippen LogP) is 7.12. The molecule has 3 aromatic carbocycles. The maximum absolute atomic E-state index is 13.8. The zero-order valence-electron chi connectivity index (χ0n) is 20.0. The number of ether oxygens (including phenoxy) is 1. The van der Waals surface area contributed by atoms with Crippen molar-refractivity contribution in [2.24, 2.45) is 0 Å². The molecule has 0 spiro atoms. The van der Waals surface area contributed by atoms with Crippen LogP contribution in [-0.2, 0) is 15.8 Å². The normalized spacial score (nSPS) is 14.5. The minimum absolute atomic E-state index is 0.104. The van der Waals surface area contributed by atoms with E-state index in [0.29, 0.717) is 39.3 Å². The van der Waals surface area contributed by atoms with Crippen molar-refractivity contribution in [3.8, 4) is 11.5 Å². The van der Waals surface area contributed by atoms with Gasteiger partial charge < -0.3 is 10.1 Å². The molecule has 0 atom stereocenters. The van der Waals surface area contributed by atoms with Crippen molar-refractivity contribution < 1.29 is 46.0 Å². The summed E-state index contributed by atoms with van der Waals surface area (Å²) in [5.74, 6) is -4.41. The van der Waals surface area contributed by atoms with Gasteiger partial charge in [-0.2, -0.15) is 13.2 Å². The first-order valence-corrected chi connectivity index (χ1v) is 12.7. The van der Waals surface area contributed by atoms with E-state index in [0.717, 1.165) is 18.2 Å². The highest BCUT2D eigenvalue weighted by Gasteiger charge is 2.37. The van der Waals surface area contributed by atoms with Crippen LogP contribution in [-0.4, -0.2) is 33.4 Å². The van der Waals surface area contributed by atoms with Gasteiger partial charge in [0.05, 0.1) is 21.1 Å². The number of benzene rings is 3. The number of thioether (sulfide) groups is 1. The second kappa shape index (κ2) is 11.7. The third kappa shape index (κ3) is 6.89. The van der Waals surface area contributed by atoms with Crippen LogP contribution in [0.25, 0.3) is 6.08 Å². The summed E-state index contributed by atoms with van der Waals surface area (Å²) in [6.07, 6.45) is -3.64. The number of carbonyl (C=O) groups is 3. The summed E-state index contributed by atoms with van der Waals surface area (Å²) in [6, 6.07) is 8.32. The standard InChI is InChI=1S/C25H13BrF5N3O6S/c26-14-2-6-19(40-20-5-1-13(25(29,30)31)9-18(20)34(38)39)12(7-14)8-21-23(36)33(24(37)41-21)11-22(35)32-17-4-3-15(27)10-16(17)28/h1-10H,11H2,(H,32,35)/b21-8+. The van der Waals surface area contributed by atoms with E-state index in [1.54, 1.807) is 0 Å². The fourth-order valence-corrected chi connectivity index (χ4v) is 4.68. The van der Waals surface area contributed by atoms with Crippen LogP contribution in [0.3, 0.4) is 0 Å². The fraction of sp³-hybridized carbons (Fsp3) is 0.0800. The number of hydrogen-bond acceptors (Lipinski definition) is 7. The van der Waals surface area contributed by atoms with Crippen LogP contribution in [0.1, 0.15) is 11.1 Å². The lowest BCUT2D eigenvalue weighted by Gasteiger charge is -2.13. The highest BCUT2D eigenvalue weighted by Crippen LogP contribution is 2.40. The summed E-state index contributed by atoms with van der Waals surface area (Å²) in [5.41, 5.74) is -2.48. The Morgan fingerprint density at radius 3 is 2.44 bits per heavy atom. The van der Waals surface area contributed by atoms with Crippen molar-refractivity contribution in [3.05, 3.63) is 96.9 Å². The molecule has 1 N–H and O–H groups in total. The molecular weight excluding hydrogens is 645 g/mol. The molecule has 9 nitrogen and oxygen atoms in total. The van der Waals surface area contributed by atoms with Crippen LogP contribution in [0.15, 0.2) is 64.0 Å². The van der Waals surface area contributed by atoms with Gasteiger partial charge in [-0.1, -0.05) is 15.9 Å². The monoisotopic (exact) mass is 657 g/mol. The largest absolute Gasteiger partial charge is 0.449 e. The lowest BCUT2D eigenvalue weighted by Crippen LogP contribution is -2.36. The van der Waals surface area contributed by atoms with Gasteiger partial charge in [0.1, 0.15) is 23.9 Å². The van der Waals surface area contributed by atoms with Gasteiger partial charge in [-0.15, -0.1) is 0 Å². The second-order valence-electron chi connectivity index (χ2n) is 8.16. The average Bonchev–Trinajstić information content (AvgIpc) is 3.14. The molecule has 41 heavy (non-hydrogen) atoms. The van der Waals surface area contributed by atoms with Gasteiger partial charge in [-0.05, 0) is 60.3 Å². The van der Waals surface area contributed by atoms with Gasteiger partial charge in [-0.25, -0.2) is 8.78 Å². The molecule has 0 unspecified atom stereocenters. The third-order valence-electron chi connectivity index (χ3n) is 5.34. The quantitative estimate of drug-likeness (QED) is 0.124. The number of anilines is 1. The van der Waals surface area contributed by atoms with E-state index in [2.05, 4.69) is 21.2 Å². The van der Waals surface area contributed by atoms with Crippen molar-refractivity contribution in [3.63, 3.8) is 0 Å². The number of alkyl halides is 3. The third-order valence-corrected chi connectivity index (χ3v) is 6.74. The van der Waals surface area contributed by atoms with Crippen LogP contribution in [0.5, 0.6) is 11.5 Å². The molecule has 0 bridgehead atoms. The molecule has 1 saturated heterocycles. The number of imide groups is 1. The number of halogens is 6. The van der Waals surface area contributed by atoms with Crippen molar-refractivity contribution in [1.82, 2.24) is 4.90 Å². The SMILES string of the molecule is O=C(CN1C(=O)S/C(=C/c2cc(Br)ccc2Oc2ccc(C(F)(F)F)cc2[N+](=O)[O-])C1=O)Nc1ccc(F)cc1F. The molecule has 0 aromatic heterocycles. The highest BCUT2D eigenvalue weighted by atomic mass is 79.9. The van der Waals surface area contributed by atoms with Gasteiger partial charge in [0.15, 0.2) is 0 Å². The molecule has 212 valence electrons. The number of carbonyl (C=O) groups excluding carboxylic acids is 3. The van der Waals surface area contributed by atoms with Crippen LogP contribution in [0.2, 0.25) is 0 Å². The van der Waals surface area contributed by atoms with E-state index in [1.165, 1.54) is 24.3 Å². The van der Waals surface area contributed by atoms with Crippen LogP contribution < -0.4 is 10.1 Å². The first-order chi connectivity index (χ1) is 19.2. The number of amides is 3. The van der Waals surface area contributed by atoms with Gasteiger partial charge in [0.25, 0.3) is 11.1 Å². The topological polar surface area (TPSA) is 119 Å². The molecule has 1 aliphatic rings. The zero-order chi connectivity index (χ0) is 30.1. The van der Waals surface area contributed by atoms with E-state index in [4.69, 9.17) is 4.74 Å². The molecule has 3 amide bonds. The Morgan fingerprint density at radius 1 is 1.07 bits per heavy atom. The van der Waals surface area contributed by atoms with Crippen LogP contribution in [0, 0.1) is 21.7 Å². The molecule has 4 rings (SSSR count). The van der Waals surface area contributed by atoms with Crippen LogP contribution in [0.4, 0.5) is 38.1 Å². The molecule has 1 fully saturated rings. The molecule has 0 radical (unpaired) electrons. The lowest BCUT2D eigenvalue weighted by molar-refractivity contribution is -0.385. The van der Waals surface area contributed by atoms with Gasteiger partial charge >= 0.3 is 11.9 Å². The summed E-state index contributed by atoms with van der Waals surface area (Å²) in [7, 11) is 0. The first-order valence-electron chi connectivity index (χ1n) is 11.1. The zero-order valence-corrected chi connectivity index (χ0v) is 22.4. The van der Waals surface area contributed by atoms with E-state index < -0.39 is 63.3 Å². The van der Waals surface area contributed by atoms with Gasteiger partial charge in [0, 0.05) is 22.2 Å². The maximum atomic E-state index is 13.8. The lowest BCUT2D eigenvalue weighted by atomic mass is 10.1. The summed E-state index contributed by atoms with van der Waals surface area (Å²) in [4.78, 5) is 48.5. The number of rotatable bonds is 7. The molecule has 0 saturated carbocycles. The van der Waals surface area contributed by atoms with Crippen molar-refractivity contribution in [1.29, 1.82) is 0 Å². The Labute approximate surface area is 239 Å². The highest BCUT2D eigenvalue weighted by molar-refractivity contribution is 9.10. The Kier molecular flexibility index (Phi) is 8.44. The molecule has 3 aromatic rings. The average molecular weight is 658 g/mol. The van der Waals surface area contributed by atoms with E-state index in [-0.39, 0.29) is 21.9 Å². The summed E-state index contributed by atoms with van der Waals surface area (Å²) < 4.78 is 72.1. The van der Waals surface area contributed by atoms with E-state index >= 15 is 0 Å². The molecule has 16 heteroatoms. The summed E-state index contributed by atoms with van der Waals surface area (Å²) in [6.45, 7) is -0.793. The van der Waals surface area contributed by atoms with Crippen molar-refractivity contribution >= 4 is 62.2 Å². The Hall–Kier alpha value is -4.31. The van der Waals surface area contributed by atoms with E-state index in [1.807, 2.05) is 0 Å². The number of nitro benzene ring substituents is 1. The number of nitro groups is 1. The summed E-state index contributed by atoms with van der Waals surface area (Å²) in [5, 5.41) is 12.7. The Bertz CT molecular complexity index is 1630. The molecule has 0 aliphatic carbocycles. The second-order valence-corrected chi connectivity index (χ2v) is 10.1. The number of nitrogens with one attached hydrogen (secondary N) is 1. The first kappa shape index (κ1) is 29.7. The molecule has 1 heterocycles. The Morgan fingerprint density at radius 2 is 1.78 bits per heavy atom. The minimum Gasteiger partial charge on any atom is -0.449 e. The molecule has 1 aliphatic heterocycles. The minimum atomic E-state index is -4.83. The van der Waals surface area contributed by atoms with Crippen molar-refractivity contribution in [2.75, 3.05) is 11.9 Å². The van der Waals surface area contributed by atoms with Gasteiger partial charge in [0.2, 0.25) is 11.7 Å². The maximum Gasteiger partial charge on any atom is 0.416 e. The van der Waals surface area contributed by atoms with E-state index in [9.17, 15) is 46.5 Å².